The molecule has 4 unspecified atom stereocenters. The minimum absolute atomic E-state index is 0.101. The summed E-state index contributed by atoms with van der Waals surface area (Å²) in [6.07, 6.45) is 0.438. The number of alkyl carbamates (subject to hydrolysis) is 1. The quantitative estimate of drug-likeness (QED) is 0.222. The number of rotatable bonds is 14. The zero-order valence-electron chi connectivity index (χ0n) is 24.4. The van der Waals surface area contributed by atoms with Crippen molar-refractivity contribution >= 4 is 18.0 Å². The molecule has 222 valence electrons. The van der Waals surface area contributed by atoms with Gasteiger partial charge >= 0.3 is 12.1 Å². The van der Waals surface area contributed by atoms with Gasteiger partial charge in [-0.05, 0) is 54.5 Å². The van der Waals surface area contributed by atoms with E-state index in [1.807, 2.05) is 61.5 Å². The Morgan fingerprint density at radius 3 is 2.02 bits per heavy atom. The largest absolute Gasteiger partial charge is 0.481 e. The van der Waals surface area contributed by atoms with Crippen molar-refractivity contribution in [3.63, 3.8) is 0 Å². The number of aliphatic carboxylic acids is 1. The van der Waals surface area contributed by atoms with Crippen molar-refractivity contribution in [1.82, 2.24) is 10.6 Å². The molecule has 3 N–H and O–H groups in total. The third kappa shape index (κ3) is 7.97. The second-order valence-corrected chi connectivity index (χ2v) is 11.0. The normalized spacial score (nSPS) is 15.0. The highest BCUT2D eigenvalue weighted by atomic mass is 16.5. The Morgan fingerprint density at radius 1 is 0.810 bits per heavy atom. The third-order valence-electron chi connectivity index (χ3n) is 7.81. The second kappa shape index (κ2) is 14.6. The number of carbonyl (C=O) groups is 3. The maximum Gasteiger partial charge on any atom is 0.407 e. The lowest BCUT2D eigenvalue weighted by atomic mass is 9.98. The number of ether oxygens (including phenoxy) is 2. The van der Waals surface area contributed by atoms with Crippen LogP contribution in [0.1, 0.15) is 62.6 Å². The highest BCUT2D eigenvalue weighted by molar-refractivity contribution is 5.86. The minimum atomic E-state index is -0.996. The lowest BCUT2D eigenvalue weighted by Gasteiger charge is -2.26. The Morgan fingerprint density at radius 2 is 1.40 bits per heavy atom. The standard InChI is InChI=1S/C34H40N2O6/c1-22(33(38)39)12-11-13-23(2)35-32(37)31(24(3)41-20-25-14-5-4-6-15-25)36-34(40)42-21-30-28-18-9-7-16-26(28)27-17-8-10-19-29(27)30/h4-10,14-19,22-24,30-31H,11-13,20-21H2,1-3H3,(H,35,37)(H,36,40)(H,38,39). The molecule has 1 aliphatic rings. The molecule has 0 saturated heterocycles. The van der Waals surface area contributed by atoms with E-state index >= 15 is 0 Å². The molecule has 1 aliphatic carbocycles. The summed E-state index contributed by atoms with van der Waals surface area (Å²) in [5, 5.41) is 14.8. The monoisotopic (exact) mass is 572 g/mol. The van der Waals surface area contributed by atoms with Crippen LogP contribution in [-0.2, 0) is 25.7 Å². The molecule has 3 aromatic rings. The van der Waals surface area contributed by atoms with Gasteiger partial charge in [0.2, 0.25) is 5.91 Å². The Hall–Kier alpha value is -4.17. The maximum absolute atomic E-state index is 13.4. The van der Waals surface area contributed by atoms with Crippen LogP contribution in [0.3, 0.4) is 0 Å². The number of nitrogens with one attached hydrogen (secondary N) is 2. The van der Waals surface area contributed by atoms with Crippen molar-refractivity contribution < 1.29 is 29.0 Å². The van der Waals surface area contributed by atoms with E-state index in [4.69, 9.17) is 14.6 Å². The fraction of sp³-hybridized carbons (Fsp3) is 0.382. The summed E-state index contributed by atoms with van der Waals surface area (Å²) >= 11 is 0. The van der Waals surface area contributed by atoms with E-state index in [0.717, 1.165) is 27.8 Å². The van der Waals surface area contributed by atoms with Crippen LogP contribution in [0.5, 0.6) is 0 Å². The molecule has 0 spiro atoms. The molecule has 3 aromatic carbocycles. The summed E-state index contributed by atoms with van der Waals surface area (Å²) < 4.78 is 11.7. The van der Waals surface area contributed by atoms with Gasteiger partial charge in [-0.25, -0.2) is 4.79 Å². The van der Waals surface area contributed by atoms with E-state index in [1.54, 1.807) is 13.8 Å². The fourth-order valence-electron chi connectivity index (χ4n) is 5.32. The van der Waals surface area contributed by atoms with E-state index in [-0.39, 0.29) is 31.1 Å². The van der Waals surface area contributed by atoms with Crippen molar-refractivity contribution in [3.8, 4) is 11.1 Å². The number of hydrogen-bond donors (Lipinski definition) is 3. The van der Waals surface area contributed by atoms with E-state index in [2.05, 4.69) is 34.9 Å². The molecule has 2 amide bonds. The molecule has 8 nitrogen and oxygen atoms in total. The van der Waals surface area contributed by atoms with Crippen LogP contribution in [0.25, 0.3) is 11.1 Å². The van der Waals surface area contributed by atoms with Crippen molar-refractivity contribution in [1.29, 1.82) is 0 Å². The van der Waals surface area contributed by atoms with E-state index in [1.165, 1.54) is 0 Å². The van der Waals surface area contributed by atoms with Crippen LogP contribution in [0.2, 0.25) is 0 Å². The first kappa shape index (κ1) is 30.8. The molecule has 4 atom stereocenters. The van der Waals surface area contributed by atoms with Crippen LogP contribution in [-0.4, -0.2) is 47.9 Å². The highest BCUT2D eigenvalue weighted by Crippen LogP contribution is 2.44. The third-order valence-corrected chi connectivity index (χ3v) is 7.81. The van der Waals surface area contributed by atoms with Crippen LogP contribution >= 0.6 is 0 Å². The van der Waals surface area contributed by atoms with Crippen molar-refractivity contribution in [3.05, 3.63) is 95.6 Å². The Balaban J connectivity index is 1.39. The minimum Gasteiger partial charge on any atom is -0.481 e. The molecule has 0 bridgehead atoms. The molecule has 4 rings (SSSR count). The first-order chi connectivity index (χ1) is 20.2. The molecule has 0 saturated carbocycles. The smallest absolute Gasteiger partial charge is 0.407 e. The number of carboxylic acids is 1. The zero-order valence-corrected chi connectivity index (χ0v) is 24.4. The van der Waals surface area contributed by atoms with Crippen LogP contribution in [0.15, 0.2) is 78.9 Å². The topological polar surface area (TPSA) is 114 Å². The summed E-state index contributed by atoms with van der Waals surface area (Å²) in [7, 11) is 0. The molecular formula is C34H40N2O6. The summed E-state index contributed by atoms with van der Waals surface area (Å²) in [6, 6.07) is 24.6. The number of carboxylic acid groups (broad SMARTS) is 1. The Labute approximate surface area is 247 Å². The first-order valence-corrected chi connectivity index (χ1v) is 14.5. The summed E-state index contributed by atoms with van der Waals surface area (Å²) in [5.41, 5.74) is 5.42. The second-order valence-electron chi connectivity index (χ2n) is 11.0. The molecule has 0 aliphatic heterocycles. The van der Waals surface area contributed by atoms with Gasteiger partial charge in [0, 0.05) is 12.0 Å². The first-order valence-electron chi connectivity index (χ1n) is 14.5. The van der Waals surface area contributed by atoms with Gasteiger partial charge in [0.1, 0.15) is 12.6 Å². The lowest BCUT2D eigenvalue weighted by Crippen LogP contribution is -2.54. The fourth-order valence-corrected chi connectivity index (χ4v) is 5.32. The van der Waals surface area contributed by atoms with E-state index in [9.17, 15) is 14.4 Å². The molecule has 0 fully saturated rings. The van der Waals surface area contributed by atoms with Gasteiger partial charge in [-0.3, -0.25) is 9.59 Å². The average molecular weight is 573 g/mol. The molecule has 42 heavy (non-hydrogen) atoms. The number of carbonyl (C=O) groups excluding carboxylic acids is 2. The van der Waals surface area contributed by atoms with Crippen LogP contribution < -0.4 is 10.6 Å². The summed E-state index contributed by atoms with van der Waals surface area (Å²) in [4.78, 5) is 37.6. The van der Waals surface area contributed by atoms with Gasteiger partial charge in [-0.1, -0.05) is 92.2 Å². The zero-order chi connectivity index (χ0) is 30.1. The van der Waals surface area contributed by atoms with Gasteiger partial charge in [-0.15, -0.1) is 0 Å². The van der Waals surface area contributed by atoms with Gasteiger partial charge in [0.15, 0.2) is 0 Å². The van der Waals surface area contributed by atoms with Crippen LogP contribution in [0, 0.1) is 5.92 Å². The summed E-state index contributed by atoms with van der Waals surface area (Å²) in [6.45, 7) is 5.69. The van der Waals surface area contributed by atoms with E-state index < -0.39 is 30.1 Å². The van der Waals surface area contributed by atoms with Gasteiger partial charge in [0.25, 0.3) is 0 Å². The summed E-state index contributed by atoms with van der Waals surface area (Å²) in [5.74, 6) is -1.76. The number of fused-ring (bicyclic) bond motifs is 3. The average Bonchev–Trinajstić information content (AvgIpc) is 3.31. The van der Waals surface area contributed by atoms with Crippen molar-refractivity contribution in [2.45, 2.75) is 70.7 Å². The molecule has 0 aromatic heterocycles. The predicted molar refractivity (Wildman–Crippen MR) is 161 cm³/mol. The number of benzene rings is 3. The van der Waals surface area contributed by atoms with Crippen LogP contribution in [0.4, 0.5) is 4.79 Å². The lowest BCUT2D eigenvalue weighted by molar-refractivity contribution is -0.141. The number of amides is 2. The molecule has 8 heteroatoms. The molecule has 0 heterocycles. The Bertz CT molecular complexity index is 1320. The van der Waals surface area contributed by atoms with Crippen molar-refractivity contribution in [2.24, 2.45) is 5.92 Å². The van der Waals surface area contributed by atoms with Crippen molar-refractivity contribution in [2.75, 3.05) is 6.61 Å². The number of hydrogen-bond acceptors (Lipinski definition) is 5. The Kier molecular flexibility index (Phi) is 10.7. The predicted octanol–water partition coefficient (Wildman–Crippen LogP) is 5.89. The SMILES string of the molecule is CC(CCCC(C)C(=O)O)NC(=O)C(NC(=O)OCC1c2ccccc2-c2ccccc21)C(C)OCc1ccccc1. The molecular weight excluding hydrogens is 532 g/mol. The van der Waals surface area contributed by atoms with Gasteiger partial charge < -0.3 is 25.2 Å². The maximum atomic E-state index is 13.4. The van der Waals surface area contributed by atoms with Gasteiger partial charge in [0.05, 0.1) is 18.6 Å². The molecule has 0 radical (unpaired) electrons. The highest BCUT2D eigenvalue weighted by Gasteiger charge is 2.32. The van der Waals surface area contributed by atoms with E-state index in [0.29, 0.717) is 19.3 Å². The van der Waals surface area contributed by atoms with Gasteiger partial charge in [-0.2, -0.15) is 0 Å².